The van der Waals surface area contributed by atoms with E-state index in [-0.39, 0.29) is 12.6 Å². The van der Waals surface area contributed by atoms with Gasteiger partial charge in [-0.15, -0.1) is 11.3 Å². The number of aromatic nitrogens is 2. The fourth-order valence-electron chi connectivity index (χ4n) is 3.42. The molecule has 0 fully saturated rings. The number of rotatable bonds is 8. The fraction of sp³-hybridized carbons (Fsp3) is 0.240. The van der Waals surface area contributed by atoms with E-state index >= 15 is 0 Å². The standard InChI is InChI=1S/C25H25N3O2S/c1-3-4-8-18-11-13-20(14-12-18)28-23-21-17(2)22(31-24(21)27-16-26-23)25(29)30-15-19-9-6-5-7-10-19/h5-7,9-14,16H,3-4,8,15H2,1-2H3,(H,26,27,28). The van der Waals surface area contributed by atoms with Crippen LogP contribution in [0.5, 0.6) is 0 Å². The SMILES string of the molecule is CCCCc1ccc(Nc2ncnc3sc(C(=O)OCc4ccccc4)c(C)c23)cc1. The monoisotopic (exact) mass is 431 g/mol. The number of thiophene rings is 1. The molecular weight excluding hydrogens is 406 g/mol. The summed E-state index contributed by atoms with van der Waals surface area (Å²) in [5, 5.41) is 4.24. The van der Waals surface area contributed by atoms with Crippen LogP contribution in [0.1, 0.15) is 46.1 Å². The number of unbranched alkanes of at least 4 members (excludes halogenated alkanes) is 1. The molecule has 0 radical (unpaired) electrons. The molecule has 5 nitrogen and oxygen atoms in total. The number of carbonyl (C=O) groups excluding carboxylic acids is 1. The van der Waals surface area contributed by atoms with E-state index in [1.165, 1.54) is 36.1 Å². The Kier molecular flexibility index (Phi) is 6.57. The van der Waals surface area contributed by atoms with E-state index in [1.807, 2.05) is 37.3 Å². The third kappa shape index (κ3) is 4.91. The number of nitrogens with zero attached hydrogens (tertiary/aromatic N) is 2. The van der Waals surface area contributed by atoms with Gasteiger partial charge in [0.1, 0.15) is 28.5 Å². The molecule has 0 saturated carbocycles. The first kappa shape index (κ1) is 21.0. The summed E-state index contributed by atoms with van der Waals surface area (Å²) in [4.78, 5) is 22.9. The van der Waals surface area contributed by atoms with Gasteiger partial charge in [0.05, 0.1) is 5.39 Å². The van der Waals surface area contributed by atoms with E-state index in [1.54, 1.807) is 0 Å². The van der Waals surface area contributed by atoms with E-state index < -0.39 is 0 Å². The van der Waals surface area contributed by atoms with Crippen molar-refractivity contribution in [3.8, 4) is 0 Å². The van der Waals surface area contributed by atoms with E-state index in [9.17, 15) is 4.79 Å². The summed E-state index contributed by atoms with van der Waals surface area (Å²) in [5.74, 6) is 0.359. The normalized spacial score (nSPS) is 10.9. The van der Waals surface area contributed by atoms with Crippen molar-refractivity contribution in [1.29, 1.82) is 0 Å². The predicted molar refractivity (Wildman–Crippen MR) is 126 cm³/mol. The summed E-state index contributed by atoms with van der Waals surface area (Å²) in [6, 6.07) is 18.1. The van der Waals surface area contributed by atoms with Gasteiger partial charge < -0.3 is 10.1 Å². The smallest absolute Gasteiger partial charge is 0.349 e. The molecule has 4 rings (SSSR count). The molecule has 0 aliphatic heterocycles. The molecule has 0 aliphatic rings. The number of hydrogen-bond donors (Lipinski definition) is 1. The molecule has 0 aliphatic carbocycles. The summed E-state index contributed by atoms with van der Waals surface area (Å²) in [6.07, 6.45) is 4.99. The largest absolute Gasteiger partial charge is 0.457 e. The second kappa shape index (κ2) is 9.71. The molecular formula is C25H25N3O2S. The highest BCUT2D eigenvalue weighted by molar-refractivity contribution is 7.20. The Labute approximate surface area is 186 Å². The minimum atomic E-state index is -0.337. The summed E-state index contributed by atoms with van der Waals surface area (Å²) in [5.41, 5.74) is 4.08. The maximum absolute atomic E-state index is 12.7. The molecule has 6 heteroatoms. The molecule has 31 heavy (non-hydrogen) atoms. The van der Waals surface area contributed by atoms with Crippen molar-refractivity contribution in [1.82, 2.24) is 9.97 Å². The summed E-state index contributed by atoms with van der Waals surface area (Å²) in [6.45, 7) is 4.36. The van der Waals surface area contributed by atoms with Crippen molar-refractivity contribution in [2.75, 3.05) is 5.32 Å². The number of benzene rings is 2. The summed E-state index contributed by atoms with van der Waals surface area (Å²) < 4.78 is 5.53. The van der Waals surface area contributed by atoms with E-state index in [0.717, 1.165) is 33.5 Å². The second-order valence-electron chi connectivity index (χ2n) is 7.45. The number of hydrogen-bond acceptors (Lipinski definition) is 6. The van der Waals surface area contributed by atoms with Crippen LogP contribution in [0.15, 0.2) is 60.9 Å². The van der Waals surface area contributed by atoms with Crippen molar-refractivity contribution in [3.63, 3.8) is 0 Å². The molecule has 2 heterocycles. The quantitative estimate of drug-likeness (QED) is 0.325. The molecule has 158 valence electrons. The van der Waals surface area contributed by atoms with Crippen molar-refractivity contribution >= 4 is 39.0 Å². The zero-order chi connectivity index (χ0) is 21.6. The summed E-state index contributed by atoms with van der Waals surface area (Å²) in [7, 11) is 0. The van der Waals surface area contributed by atoms with E-state index in [0.29, 0.717) is 10.7 Å². The van der Waals surface area contributed by atoms with Crippen molar-refractivity contribution in [3.05, 3.63) is 82.5 Å². The van der Waals surface area contributed by atoms with Gasteiger partial charge in [-0.1, -0.05) is 55.8 Å². The lowest BCUT2D eigenvalue weighted by atomic mass is 10.1. The van der Waals surface area contributed by atoms with Gasteiger partial charge in [0.2, 0.25) is 0 Å². The Morgan fingerprint density at radius 2 is 1.81 bits per heavy atom. The molecule has 4 aromatic rings. The minimum absolute atomic E-state index is 0.245. The van der Waals surface area contributed by atoms with Gasteiger partial charge in [-0.25, -0.2) is 14.8 Å². The maximum atomic E-state index is 12.7. The Morgan fingerprint density at radius 3 is 2.55 bits per heavy atom. The van der Waals surface area contributed by atoms with Crippen LogP contribution < -0.4 is 5.32 Å². The van der Waals surface area contributed by atoms with Crippen LogP contribution in [0.3, 0.4) is 0 Å². The molecule has 1 N–H and O–H groups in total. The van der Waals surface area contributed by atoms with Gasteiger partial charge in [0, 0.05) is 5.69 Å². The van der Waals surface area contributed by atoms with Crippen LogP contribution in [-0.4, -0.2) is 15.9 Å². The van der Waals surface area contributed by atoms with Gasteiger partial charge >= 0.3 is 5.97 Å². The Hall–Kier alpha value is -3.25. The first-order chi connectivity index (χ1) is 15.2. The zero-order valence-electron chi connectivity index (χ0n) is 17.7. The number of esters is 1. The van der Waals surface area contributed by atoms with Gasteiger partial charge in [-0.2, -0.15) is 0 Å². The highest BCUT2D eigenvalue weighted by Crippen LogP contribution is 2.35. The third-order valence-corrected chi connectivity index (χ3v) is 6.34. The lowest BCUT2D eigenvalue weighted by Gasteiger charge is -2.08. The van der Waals surface area contributed by atoms with Crippen LogP contribution in [0, 0.1) is 6.92 Å². The molecule has 0 atom stereocenters. The molecule has 2 aromatic heterocycles. The topological polar surface area (TPSA) is 64.1 Å². The number of anilines is 2. The van der Waals surface area contributed by atoms with Crippen LogP contribution in [0.25, 0.3) is 10.2 Å². The number of ether oxygens (including phenoxy) is 1. The first-order valence-electron chi connectivity index (χ1n) is 10.5. The third-order valence-electron chi connectivity index (χ3n) is 5.16. The van der Waals surface area contributed by atoms with Gasteiger partial charge in [-0.05, 0) is 48.6 Å². The molecule has 2 aromatic carbocycles. The fourth-order valence-corrected chi connectivity index (χ4v) is 4.46. The van der Waals surface area contributed by atoms with Gasteiger partial charge in [-0.3, -0.25) is 0 Å². The van der Waals surface area contributed by atoms with Crippen LogP contribution in [-0.2, 0) is 17.8 Å². The predicted octanol–water partition coefficient (Wildman–Crippen LogP) is 6.44. The number of aryl methyl sites for hydroxylation is 2. The van der Waals surface area contributed by atoms with Crippen molar-refractivity contribution in [2.45, 2.75) is 39.7 Å². The van der Waals surface area contributed by atoms with Crippen LogP contribution >= 0.6 is 11.3 Å². The van der Waals surface area contributed by atoms with Gasteiger partial charge in [0.15, 0.2) is 0 Å². The van der Waals surface area contributed by atoms with E-state index in [4.69, 9.17) is 4.74 Å². The number of carbonyl (C=O) groups is 1. The number of fused-ring (bicyclic) bond motifs is 1. The molecule has 0 unspecified atom stereocenters. The van der Waals surface area contributed by atoms with Crippen LogP contribution in [0.2, 0.25) is 0 Å². The molecule has 0 bridgehead atoms. The zero-order valence-corrected chi connectivity index (χ0v) is 18.5. The Bertz CT molecular complexity index is 1170. The maximum Gasteiger partial charge on any atom is 0.349 e. The lowest BCUT2D eigenvalue weighted by Crippen LogP contribution is -2.04. The van der Waals surface area contributed by atoms with Crippen LogP contribution in [0.4, 0.5) is 11.5 Å². The minimum Gasteiger partial charge on any atom is -0.457 e. The average molecular weight is 432 g/mol. The second-order valence-corrected chi connectivity index (χ2v) is 8.44. The van der Waals surface area contributed by atoms with Crippen molar-refractivity contribution < 1.29 is 9.53 Å². The molecule has 0 saturated heterocycles. The molecule has 0 spiro atoms. The van der Waals surface area contributed by atoms with Gasteiger partial charge in [0.25, 0.3) is 0 Å². The molecule has 0 amide bonds. The highest BCUT2D eigenvalue weighted by atomic mass is 32.1. The average Bonchev–Trinajstić information content (AvgIpc) is 3.15. The lowest BCUT2D eigenvalue weighted by molar-refractivity contribution is 0.0478. The van der Waals surface area contributed by atoms with Crippen molar-refractivity contribution in [2.24, 2.45) is 0 Å². The first-order valence-corrected chi connectivity index (χ1v) is 11.3. The number of nitrogens with one attached hydrogen (secondary N) is 1. The Morgan fingerprint density at radius 1 is 1.03 bits per heavy atom. The van der Waals surface area contributed by atoms with E-state index in [2.05, 4.69) is 46.5 Å². The summed E-state index contributed by atoms with van der Waals surface area (Å²) >= 11 is 1.34. The Balaban J connectivity index is 1.54. The highest BCUT2D eigenvalue weighted by Gasteiger charge is 2.20.